The minimum absolute atomic E-state index is 0.134. The molecule has 0 radical (unpaired) electrons. The Labute approximate surface area is 139 Å². The summed E-state index contributed by atoms with van der Waals surface area (Å²) >= 11 is 0. The van der Waals surface area contributed by atoms with Crippen LogP contribution in [0.4, 0.5) is 16.3 Å². The number of hydrogen-bond donors (Lipinski definition) is 2. The lowest BCUT2D eigenvalue weighted by atomic mass is 10.0. The van der Waals surface area contributed by atoms with Crippen LogP contribution in [0, 0.1) is 23.8 Å². The molecule has 2 aliphatic rings. The minimum Gasteiger partial charge on any atom is -0.334 e. The summed E-state index contributed by atoms with van der Waals surface area (Å²) < 4.78 is 0. The molecule has 6 nitrogen and oxygen atoms in total. The van der Waals surface area contributed by atoms with Crippen molar-refractivity contribution in [1.29, 1.82) is 5.26 Å². The maximum absolute atomic E-state index is 12.1. The zero-order chi connectivity index (χ0) is 16.7. The van der Waals surface area contributed by atoms with E-state index in [1.165, 1.54) is 17.3 Å². The summed E-state index contributed by atoms with van der Waals surface area (Å²) in [6.45, 7) is 7.07. The molecule has 1 saturated carbocycles. The molecule has 24 heavy (non-hydrogen) atoms. The molecular weight excluding hydrogens is 302 g/mol. The molecule has 0 aliphatic heterocycles. The first-order valence-corrected chi connectivity index (χ1v) is 7.63. The van der Waals surface area contributed by atoms with Crippen molar-refractivity contribution in [2.45, 2.75) is 18.4 Å². The predicted molar refractivity (Wildman–Crippen MR) is 87.5 cm³/mol. The summed E-state index contributed by atoms with van der Waals surface area (Å²) in [5.41, 5.74) is 3.59. The van der Waals surface area contributed by atoms with E-state index in [0.29, 0.717) is 28.9 Å². The second kappa shape index (κ2) is 5.36. The topological polar surface area (TPSA) is 82.2 Å². The molecule has 116 valence electrons. The van der Waals surface area contributed by atoms with Gasteiger partial charge in [-0.15, -0.1) is 0 Å². The van der Waals surface area contributed by atoms with E-state index < -0.39 is 0 Å². The number of amides is 2. The molecule has 1 heterocycles. The first-order chi connectivity index (χ1) is 11.7. The standard InChI is InChI=1S/C18H13N5O/c1-20-12-3-4-13-11(6-12)7-14-16(13)17(14)23-18(24)22-15-5-2-10(8-19)9-21-15/h2-6,9,14,16-17H,7H2,(H2,21,22,23,24)/t14-,16+,17-/m1/s1. The average Bonchev–Trinajstić information content (AvgIpc) is 3.11. The number of urea groups is 1. The van der Waals surface area contributed by atoms with E-state index in [1.807, 2.05) is 24.3 Å². The van der Waals surface area contributed by atoms with Crippen molar-refractivity contribution in [3.05, 3.63) is 64.6 Å². The average molecular weight is 315 g/mol. The fourth-order valence-corrected chi connectivity index (χ4v) is 3.50. The van der Waals surface area contributed by atoms with Gasteiger partial charge >= 0.3 is 6.03 Å². The Hall–Kier alpha value is -3.38. The molecule has 0 bridgehead atoms. The first kappa shape index (κ1) is 14.2. The summed E-state index contributed by atoms with van der Waals surface area (Å²) in [6.07, 6.45) is 2.33. The Balaban J connectivity index is 1.38. The normalized spacial score (nSPS) is 22.5. The van der Waals surface area contributed by atoms with Crippen LogP contribution in [-0.2, 0) is 6.42 Å². The maximum atomic E-state index is 12.1. The van der Waals surface area contributed by atoms with Crippen LogP contribution in [-0.4, -0.2) is 17.1 Å². The Kier molecular flexibility index (Phi) is 3.18. The molecule has 2 aromatic rings. The summed E-state index contributed by atoms with van der Waals surface area (Å²) in [6, 6.07) is 10.8. The highest BCUT2D eigenvalue weighted by atomic mass is 16.2. The lowest BCUT2D eigenvalue weighted by Gasteiger charge is -2.11. The quantitative estimate of drug-likeness (QED) is 0.836. The molecule has 0 unspecified atom stereocenters. The van der Waals surface area contributed by atoms with E-state index in [2.05, 4.69) is 20.5 Å². The highest BCUT2D eigenvalue weighted by Crippen LogP contribution is 2.56. The van der Waals surface area contributed by atoms with Crippen LogP contribution in [0.2, 0.25) is 0 Å². The van der Waals surface area contributed by atoms with Gasteiger partial charge in [0.15, 0.2) is 5.69 Å². The zero-order valence-corrected chi connectivity index (χ0v) is 12.7. The molecular formula is C18H13N5O. The lowest BCUT2D eigenvalue weighted by molar-refractivity contribution is 0.251. The van der Waals surface area contributed by atoms with Gasteiger partial charge in [0.25, 0.3) is 0 Å². The van der Waals surface area contributed by atoms with Crippen molar-refractivity contribution >= 4 is 17.5 Å². The van der Waals surface area contributed by atoms with E-state index in [0.717, 1.165) is 6.42 Å². The fourth-order valence-electron chi connectivity index (χ4n) is 3.50. The number of nitrogens with one attached hydrogen (secondary N) is 2. The van der Waals surface area contributed by atoms with Crippen molar-refractivity contribution in [3.63, 3.8) is 0 Å². The number of anilines is 1. The number of benzene rings is 1. The van der Waals surface area contributed by atoms with Gasteiger partial charge in [-0.2, -0.15) is 5.26 Å². The van der Waals surface area contributed by atoms with E-state index in [4.69, 9.17) is 11.8 Å². The Morgan fingerprint density at radius 1 is 1.38 bits per heavy atom. The molecule has 2 amide bonds. The van der Waals surface area contributed by atoms with Crippen LogP contribution >= 0.6 is 0 Å². The van der Waals surface area contributed by atoms with Crippen LogP contribution in [0.25, 0.3) is 4.85 Å². The molecule has 0 spiro atoms. The van der Waals surface area contributed by atoms with Gasteiger partial charge in [0, 0.05) is 18.2 Å². The fraction of sp³-hybridized carbons (Fsp3) is 0.222. The van der Waals surface area contributed by atoms with Crippen LogP contribution < -0.4 is 10.6 Å². The molecule has 2 N–H and O–H groups in total. The Morgan fingerprint density at radius 2 is 2.25 bits per heavy atom. The number of rotatable bonds is 2. The number of aromatic nitrogens is 1. The van der Waals surface area contributed by atoms with Crippen molar-refractivity contribution in [1.82, 2.24) is 10.3 Å². The lowest BCUT2D eigenvalue weighted by Crippen LogP contribution is -2.33. The third-order valence-electron chi connectivity index (χ3n) is 4.67. The number of nitrogens with zero attached hydrogens (tertiary/aromatic N) is 3. The van der Waals surface area contributed by atoms with Gasteiger partial charge < -0.3 is 5.32 Å². The zero-order valence-electron chi connectivity index (χ0n) is 12.7. The molecule has 2 aliphatic carbocycles. The summed E-state index contributed by atoms with van der Waals surface area (Å²) in [4.78, 5) is 19.6. The number of carbonyl (C=O) groups excluding carboxylic acids is 1. The van der Waals surface area contributed by atoms with E-state index in [9.17, 15) is 4.79 Å². The number of hydrogen-bond acceptors (Lipinski definition) is 3. The maximum Gasteiger partial charge on any atom is 0.320 e. The van der Waals surface area contributed by atoms with Gasteiger partial charge in [-0.05, 0) is 30.0 Å². The third kappa shape index (κ3) is 2.35. The molecule has 1 aromatic carbocycles. The summed E-state index contributed by atoms with van der Waals surface area (Å²) in [5, 5.41) is 14.4. The number of nitriles is 1. The van der Waals surface area contributed by atoms with E-state index in [1.54, 1.807) is 12.1 Å². The molecule has 4 rings (SSSR count). The second-order valence-corrected chi connectivity index (χ2v) is 6.06. The molecule has 0 saturated heterocycles. The summed E-state index contributed by atoms with van der Waals surface area (Å²) in [5.74, 6) is 1.18. The third-order valence-corrected chi connectivity index (χ3v) is 4.67. The Morgan fingerprint density at radius 3 is 2.96 bits per heavy atom. The van der Waals surface area contributed by atoms with Gasteiger partial charge in [0.1, 0.15) is 11.9 Å². The van der Waals surface area contributed by atoms with Crippen LogP contribution in [0.3, 0.4) is 0 Å². The van der Waals surface area contributed by atoms with E-state index >= 15 is 0 Å². The molecule has 3 atom stereocenters. The van der Waals surface area contributed by atoms with Gasteiger partial charge in [0.05, 0.1) is 12.1 Å². The largest absolute Gasteiger partial charge is 0.334 e. The van der Waals surface area contributed by atoms with Gasteiger partial charge in [-0.1, -0.05) is 23.8 Å². The van der Waals surface area contributed by atoms with Crippen molar-refractivity contribution in [3.8, 4) is 6.07 Å². The van der Waals surface area contributed by atoms with Crippen molar-refractivity contribution in [2.24, 2.45) is 5.92 Å². The second-order valence-electron chi connectivity index (χ2n) is 6.06. The molecule has 6 heteroatoms. The van der Waals surface area contributed by atoms with Crippen LogP contribution in [0.5, 0.6) is 0 Å². The molecule has 1 fully saturated rings. The SMILES string of the molecule is [C-]#[N+]c1ccc2c(c1)C[C@H]1[C@@H](NC(=O)Nc3ccc(C#N)cn3)[C@@H]21. The van der Waals surface area contributed by atoms with Crippen molar-refractivity contribution in [2.75, 3.05) is 5.32 Å². The Bertz CT molecular complexity index is 906. The number of carbonyl (C=O) groups is 1. The highest BCUT2D eigenvalue weighted by Gasteiger charge is 2.56. The van der Waals surface area contributed by atoms with Crippen LogP contribution in [0.15, 0.2) is 36.5 Å². The van der Waals surface area contributed by atoms with Gasteiger partial charge in [-0.3, -0.25) is 5.32 Å². The van der Waals surface area contributed by atoms with E-state index in [-0.39, 0.29) is 12.1 Å². The monoisotopic (exact) mass is 315 g/mol. The van der Waals surface area contributed by atoms with Gasteiger partial charge in [0.2, 0.25) is 0 Å². The number of pyridine rings is 1. The highest BCUT2D eigenvalue weighted by molar-refractivity contribution is 5.89. The summed E-state index contributed by atoms with van der Waals surface area (Å²) in [7, 11) is 0. The first-order valence-electron chi connectivity index (χ1n) is 7.63. The predicted octanol–water partition coefficient (Wildman–Crippen LogP) is 2.96. The van der Waals surface area contributed by atoms with Crippen LogP contribution in [0.1, 0.15) is 22.6 Å². The minimum atomic E-state index is -0.286. The van der Waals surface area contributed by atoms with Gasteiger partial charge in [-0.25, -0.2) is 14.6 Å². The van der Waals surface area contributed by atoms with Crippen molar-refractivity contribution < 1.29 is 4.79 Å². The molecule has 1 aromatic heterocycles. The number of fused-ring (bicyclic) bond motifs is 3. The smallest absolute Gasteiger partial charge is 0.320 e.